The van der Waals surface area contributed by atoms with Crippen molar-refractivity contribution in [2.24, 2.45) is 0 Å². The summed E-state index contributed by atoms with van der Waals surface area (Å²) in [5.74, 6) is -0.598. The Morgan fingerprint density at radius 3 is 2.71 bits per heavy atom. The lowest BCUT2D eigenvalue weighted by Gasteiger charge is -2.29. The first-order valence-electron chi connectivity index (χ1n) is 8.65. The summed E-state index contributed by atoms with van der Waals surface area (Å²) < 4.78 is 0. The Hall–Kier alpha value is -3.33. The van der Waals surface area contributed by atoms with E-state index in [0.717, 1.165) is 20.6 Å². The van der Waals surface area contributed by atoms with E-state index in [1.807, 2.05) is 12.1 Å². The van der Waals surface area contributed by atoms with Gasteiger partial charge in [-0.15, -0.1) is 0 Å². The maximum Gasteiger partial charge on any atom is 0.260 e. The van der Waals surface area contributed by atoms with Crippen LogP contribution in [0.3, 0.4) is 0 Å². The third kappa shape index (κ3) is 2.55. The maximum absolute atomic E-state index is 13.1. The second-order valence-electron chi connectivity index (χ2n) is 6.49. The molecule has 0 aliphatic carbocycles. The minimum atomic E-state index is -0.741. The van der Waals surface area contributed by atoms with Crippen molar-refractivity contribution in [3.63, 3.8) is 0 Å². The number of nitrogens with one attached hydrogen (secondary N) is 1. The zero-order valence-corrected chi connectivity index (χ0v) is 15.3. The topological polar surface area (TPSA) is 105 Å². The molecule has 1 N–H and O–H groups in total. The quantitative estimate of drug-likeness (QED) is 0.680. The fourth-order valence-electron chi connectivity index (χ4n) is 3.60. The summed E-state index contributed by atoms with van der Waals surface area (Å²) in [6.07, 6.45) is 7.05. The first-order chi connectivity index (χ1) is 13.6. The number of piperidine rings is 1. The van der Waals surface area contributed by atoms with Gasteiger partial charge in [0.15, 0.2) is 0 Å². The Balaban J connectivity index is 1.61. The lowest BCUT2D eigenvalue weighted by molar-refractivity contribution is -0.134. The molecule has 4 heterocycles. The summed E-state index contributed by atoms with van der Waals surface area (Å²) in [5.41, 5.74) is 0.511. The molecular formula is C19H13N5O3S. The molecular weight excluding hydrogens is 378 g/mol. The van der Waals surface area contributed by atoms with E-state index < -0.39 is 11.9 Å². The zero-order valence-electron chi connectivity index (χ0n) is 14.5. The van der Waals surface area contributed by atoms with Crippen molar-refractivity contribution in [2.45, 2.75) is 28.7 Å². The molecule has 1 saturated heterocycles. The van der Waals surface area contributed by atoms with Crippen molar-refractivity contribution in [1.82, 2.24) is 20.3 Å². The molecule has 2 aliphatic rings. The van der Waals surface area contributed by atoms with Crippen molar-refractivity contribution in [3.05, 3.63) is 48.7 Å². The highest BCUT2D eigenvalue weighted by Gasteiger charge is 2.41. The van der Waals surface area contributed by atoms with E-state index in [2.05, 4.69) is 20.3 Å². The van der Waals surface area contributed by atoms with E-state index >= 15 is 0 Å². The van der Waals surface area contributed by atoms with Gasteiger partial charge in [-0.05, 0) is 12.5 Å². The van der Waals surface area contributed by atoms with Gasteiger partial charge < -0.3 is 0 Å². The lowest BCUT2D eigenvalue weighted by Crippen LogP contribution is -2.53. The number of aromatic nitrogens is 3. The van der Waals surface area contributed by atoms with Crippen LogP contribution in [0.2, 0.25) is 0 Å². The normalized spacial score (nSPS) is 18.6. The zero-order chi connectivity index (χ0) is 19.3. The molecule has 1 fully saturated rings. The van der Waals surface area contributed by atoms with Crippen LogP contribution in [0.1, 0.15) is 23.2 Å². The van der Waals surface area contributed by atoms with E-state index in [0.29, 0.717) is 11.4 Å². The first-order valence-corrected chi connectivity index (χ1v) is 9.47. The van der Waals surface area contributed by atoms with Crippen LogP contribution in [-0.4, -0.2) is 38.7 Å². The summed E-state index contributed by atoms with van der Waals surface area (Å²) in [6.45, 7) is 0. The third-order valence-electron chi connectivity index (χ3n) is 4.82. The average Bonchev–Trinajstić information content (AvgIpc) is 2.98. The molecule has 0 spiro atoms. The van der Waals surface area contributed by atoms with Crippen LogP contribution in [0.15, 0.2) is 52.9 Å². The first kappa shape index (κ1) is 16.8. The molecule has 1 unspecified atom stereocenters. The summed E-state index contributed by atoms with van der Waals surface area (Å²) in [6, 6.07) is 4.74. The van der Waals surface area contributed by atoms with Gasteiger partial charge in [0.1, 0.15) is 18.2 Å². The molecule has 3 amide bonds. The number of rotatable bonds is 3. The molecule has 138 valence electrons. The SMILES string of the molecule is O=C1CCC(N2C(=O)c3cccc4c(Sc5cncnc5)cnc2c34)C(=O)N1. The molecule has 8 nitrogen and oxygen atoms in total. The average molecular weight is 391 g/mol. The fraction of sp³-hybridized carbons (Fsp3) is 0.158. The van der Waals surface area contributed by atoms with Crippen molar-refractivity contribution in [3.8, 4) is 0 Å². The molecule has 3 aromatic rings. The number of carbonyl (C=O) groups is 3. The minimum absolute atomic E-state index is 0.196. The fourth-order valence-corrected chi connectivity index (χ4v) is 4.47. The maximum atomic E-state index is 13.1. The van der Waals surface area contributed by atoms with Gasteiger partial charge in [0.2, 0.25) is 11.8 Å². The number of amides is 3. The lowest BCUT2D eigenvalue weighted by atomic mass is 10.0. The molecule has 2 aliphatic heterocycles. The van der Waals surface area contributed by atoms with Crippen LogP contribution in [0.25, 0.3) is 10.8 Å². The van der Waals surface area contributed by atoms with E-state index in [1.165, 1.54) is 23.0 Å². The van der Waals surface area contributed by atoms with Gasteiger partial charge in [-0.2, -0.15) is 0 Å². The number of hydrogen-bond acceptors (Lipinski definition) is 7. The largest absolute Gasteiger partial charge is 0.295 e. The number of nitrogens with zero attached hydrogens (tertiary/aromatic N) is 4. The van der Waals surface area contributed by atoms with Crippen molar-refractivity contribution in [1.29, 1.82) is 0 Å². The molecule has 2 aromatic heterocycles. The van der Waals surface area contributed by atoms with Crippen LogP contribution < -0.4 is 10.2 Å². The molecule has 1 atom stereocenters. The third-order valence-corrected chi connectivity index (χ3v) is 5.81. The predicted octanol–water partition coefficient (Wildman–Crippen LogP) is 1.94. The molecule has 28 heavy (non-hydrogen) atoms. The molecule has 0 radical (unpaired) electrons. The van der Waals surface area contributed by atoms with Gasteiger partial charge in [-0.1, -0.05) is 23.9 Å². The number of imide groups is 1. The van der Waals surface area contributed by atoms with Crippen LogP contribution in [0, 0.1) is 0 Å². The molecule has 0 bridgehead atoms. The van der Waals surface area contributed by atoms with Crippen LogP contribution in [0.4, 0.5) is 5.82 Å². The van der Waals surface area contributed by atoms with Crippen LogP contribution >= 0.6 is 11.8 Å². The Labute approximate surface area is 163 Å². The van der Waals surface area contributed by atoms with Crippen molar-refractivity contribution >= 4 is 46.1 Å². The van der Waals surface area contributed by atoms with E-state index in [9.17, 15) is 14.4 Å². The summed E-state index contributed by atoms with van der Waals surface area (Å²) >= 11 is 1.46. The molecule has 9 heteroatoms. The van der Waals surface area contributed by atoms with Gasteiger partial charge in [0.05, 0.1) is 5.56 Å². The van der Waals surface area contributed by atoms with Crippen LogP contribution in [-0.2, 0) is 9.59 Å². The standard InChI is InChI=1S/C19H13N5O3S/c25-15-5-4-13(18(26)23-15)24-17-16-11(2-1-3-12(16)19(24)27)14(8-22-17)28-10-6-20-9-21-7-10/h1-3,6-9,13H,4-5H2,(H,23,25,26). The molecule has 5 rings (SSSR count). The number of pyridine rings is 1. The van der Waals surface area contributed by atoms with Gasteiger partial charge in [0, 0.05) is 45.6 Å². The summed E-state index contributed by atoms with van der Waals surface area (Å²) in [4.78, 5) is 52.6. The molecule has 1 aromatic carbocycles. The Morgan fingerprint density at radius 2 is 1.93 bits per heavy atom. The summed E-state index contributed by atoms with van der Waals surface area (Å²) in [5, 5.41) is 3.91. The van der Waals surface area contributed by atoms with Crippen LogP contribution in [0.5, 0.6) is 0 Å². The van der Waals surface area contributed by atoms with Gasteiger partial charge in [-0.25, -0.2) is 15.0 Å². The number of anilines is 1. The number of carbonyl (C=O) groups excluding carboxylic acids is 3. The van der Waals surface area contributed by atoms with Crippen molar-refractivity contribution in [2.75, 3.05) is 4.90 Å². The highest BCUT2D eigenvalue weighted by Crippen LogP contribution is 2.42. The summed E-state index contributed by atoms with van der Waals surface area (Å²) in [7, 11) is 0. The van der Waals surface area contributed by atoms with Gasteiger partial charge >= 0.3 is 0 Å². The predicted molar refractivity (Wildman–Crippen MR) is 101 cm³/mol. The second-order valence-corrected chi connectivity index (χ2v) is 7.61. The smallest absolute Gasteiger partial charge is 0.260 e. The number of benzene rings is 1. The van der Waals surface area contributed by atoms with Gasteiger partial charge in [0.25, 0.3) is 5.91 Å². The molecule has 0 saturated carbocycles. The van der Waals surface area contributed by atoms with Crippen molar-refractivity contribution < 1.29 is 14.4 Å². The highest BCUT2D eigenvalue weighted by atomic mass is 32.2. The van der Waals surface area contributed by atoms with E-state index in [-0.39, 0.29) is 24.7 Å². The Morgan fingerprint density at radius 1 is 1.11 bits per heavy atom. The Bertz CT molecular complexity index is 1150. The monoisotopic (exact) mass is 391 g/mol. The van der Waals surface area contributed by atoms with Gasteiger partial charge in [-0.3, -0.25) is 24.6 Å². The minimum Gasteiger partial charge on any atom is -0.295 e. The highest BCUT2D eigenvalue weighted by molar-refractivity contribution is 7.99. The van der Waals surface area contributed by atoms with E-state index in [4.69, 9.17) is 0 Å². The number of hydrogen-bond donors (Lipinski definition) is 1. The second kappa shape index (κ2) is 6.38. The van der Waals surface area contributed by atoms with E-state index in [1.54, 1.807) is 24.7 Å². The Kier molecular flexibility index (Phi) is 3.83.